The fourth-order valence-corrected chi connectivity index (χ4v) is 12.6. The second kappa shape index (κ2) is 21.4. The zero-order chi connectivity index (χ0) is 46.3. The predicted octanol–water partition coefficient (Wildman–Crippen LogP) is 6.27. The number of amides is 4. The number of nitrogens with zero attached hydrogens (tertiary/aromatic N) is 2. The lowest BCUT2D eigenvalue weighted by atomic mass is 9.77. The third kappa shape index (κ3) is 11.0. The van der Waals surface area contributed by atoms with E-state index in [1.54, 1.807) is 12.1 Å². The van der Waals surface area contributed by atoms with Gasteiger partial charge in [0, 0.05) is 37.3 Å². The molecule has 2 aliphatic heterocycles. The van der Waals surface area contributed by atoms with E-state index in [1.165, 1.54) is 12.8 Å². The second-order valence-electron chi connectivity index (χ2n) is 20.4. The highest BCUT2D eigenvalue weighted by Gasteiger charge is 2.44. The van der Waals surface area contributed by atoms with Crippen molar-refractivity contribution in [3.63, 3.8) is 0 Å². The Bertz CT molecular complexity index is 1950. The van der Waals surface area contributed by atoms with E-state index in [2.05, 4.69) is 10.6 Å². The van der Waals surface area contributed by atoms with Gasteiger partial charge in [0.2, 0.25) is 23.6 Å². The number of primary amides is 2. The van der Waals surface area contributed by atoms with Crippen LogP contribution in [0.5, 0.6) is 0 Å². The molecule has 14 nitrogen and oxygen atoms in total. The summed E-state index contributed by atoms with van der Waals surface area (Å²) >= 11 is 0. The van der Waals surface area contributed by atoms with Crippen molar-refractivity contribution >= 4 is 35.6 Å². The maximum absolute atomic E-state index is 14.1. The average molecular weight is 909 g/mol. The molecule has 0 bridgehead atoms. The van der Waals surface area contributed by atoms with Crippen molar-refractivity contribution in [2.24, 2.45) is 23.3 Å². The topological polar surface area (TPSA) is 203 Å². The van der Waals surface area contributed by atoms with Gasteiger partial charge in [-0.05, 0) is 148 Å². The number of nitrogens with one attached hydrogen (secondary N) is 2. The monoisotopic (exact) mass is 909 g/mol. The summed E-state index contributed by atoms with van der Waals surface area (Å²) in [6.45, 7) is 1.70. The van der Waals surface area contributed by atoms with Crippen LogP contribution in [0.3, 0.4) is 0 Å². The molecule has 0 aromatic heterocycles. The van der Waals surface area contributed by atoms with Gasteiger partial charge in [-0.2, -0.15) is 0 Å². The van der Waals surface area contributed by atoms with Crippen molar-refractivity contribution in [1.82, 2.24) is 20.4 Å². The van der Waals surface area contributed by atoms with Crippen molar-refractivity contribution in [3.8, 4) is 0 Å². The van der Waals surface area contributed by atoms with E-state index in [-0.39, 0.29) is 50.1 Å². The van der Waals surface area contributed by atoms with Gasteiger partial charge in [0.25, 0.3) is 0 Å². The van der Waals surface area contributed by atoms with Crippen LogP contribution in [0.25, 0.3) is 0 Å². The second-order valence-corrected chi connectivity index (χ2v) is 20.4. The quantitative estimate of drug-likeness (QED) is 0.124. The minimum atomic E-state index is -1.02. The Kier molecular flexibility index (Phi) is 15.5. The van der Waals surface area contributed by atoms with Gasteiger partial charge in [0.15, 0.2) is 0 Å². The fourth-order valence-electron chi connectivity index (χ4n) is 12.6. The van der Waals surface area contributed by atoms with Crippen LogP contribution in [0.4, 0.5) is 0 Å². The van der Waals surface area contributed by atoms with Gasteiger partial charge in [-0.25, -0.2) is 9.59 Å². The van der Waals surface area contributed by atoms with E-state index in [4.69, 9.17) is 20.9 Å². The van der Waals surface area contributed by atoms with Gasteiger partial charge >= 0.3 is 11.9 Å². The highest BCUT2D eigenvalue weighted by molar-refractivity contribution is 6.30. The minimum absolute atomic E-state index is 0.0227. The van der Waals surface area contributed by atoms with E-state index in [0.29, 0.717) is 74.6 Å². The molecule has 14 heteroatoms. The van der Waals surface area contributed by atoms with Gasteiger partial charge < -0.3 is 41.4 Å². The van der Waals surface area contributed by atoms with Crippen LogP contribution in [0.15, 0.2) is 36.4 Å². The van der Waals surface area contributed by atoms with Gasteiger partial charge in [-0.15, -0.1) is 0 Å². The Morgan fingerprint density at radius 3 is 1.26 bits per heavy atom. The first-order chi connectivity index (χ1) is 31.9. The van der Waals surface area contributed by atoms with Crippen molar-refractivity contribution in [2.45, 2.75) is 165 Å². The van der Waals surface area contributed by atoms with Crippen molar-refractivity contribution in [2.75, 3.05) is 39.3 Å². The Balaban J connectivity index is 0.882. The smallest absolute Gasteiger partial charge is 0.418 e. The fraction of sp³-hybridized carbons (Fsp3) is 0.654. The molecular formula is C52H72N6O8. The van der Waals surface area contributed by atoms with Crippen molar-refractivity contribution in [3.05, 3.63) is 69.8 Å². The lowest BCUT2D eigenvalue weighted by Crippen LogP contribution is -2.53. The molecular weight excluding hydrogens is 837 g/mol. The predicted molar refractivity (Wildman–Crippen MR) is 249 cm³/mol. The summed E-state index contributed by atoms with van der Waals surface area (Å²) in [5, 5.41) is 6.71. The van der Waals surface area contributed by atoms with E-state index >= 15 is 0 Å². The Hall–Kier alpha value is -4.82. The molecule has 358 valence electrons. The molecule has 2 unspecified atom stereocenters. The Morgan fingerprint density at radius 1 is 0.530 bits per heavy atom. The SMILES string of the molecule is NC(=O)c1ccc2c(c1)CCN(C(=O)CNCC1(OC(=O)C(=O)OC3(CNCC(=O)N4CCc5cc(C(N)=O)ccc5C4C4CCCCC4)CCCCC3)CCCCC1)C2C1CCCCC1. The molecule has 8 rings (SSSR count). The van der Waals surface area contributed by atoms with Crippen molar-refractivity contribution in [1.29, 1.82) is 0 Å². The summed E-state index contributed by atoms with van der Waals surface area (Å²) < 4.78 is 12.3. The number of fused-ring (bicyclic) bond motifs is 2. The average Bonchev–Trinajstić information content (AvgIpc) is 3.33. The first-order valence-electron chi connectivity index (χ1n) is 25.3. The van der Waals surface area contributed by atoms with Crippen LogP contribution in [0, 0.1) is 11.8 Å². The van der Waals surface area contributed by atoms with E-state index in [9.17, 15) is 28.8 Å². The van der Waals surface area contributed by atoms with Gasteiger partial charge in [0.05, 0.1) is 25.2 Å². The third-order valence-electron chi connectivity index (χ3n) is 16.0. The maximum Gasteiger partial charge on any atom is 0.418 e. The summed E-state index contributed by atoms with van der Waals surface area (Å²) in [7, 11) is 0. The summed E-state index contributed by atoms with van der Waals surface area (Å²) in [6.07, 6.45) is 19.9. The summed E-state index contributed by atoms with van der Waals surface area (Å²) in [4.78, 5) is 83.8. The third-order valence-corrected chi connectivity index (χ3v) is 16.0. The molecule has 6 N–H and O–H groups in total. The first kappa shape index (κ1) is 47.7. The van der Waals surface area contributed by atoms with Crippen LogP contribution in [0.2, 0.25) is 0 Å². The maximum atomic E-state index is 14.1. The molecule has 4 amide bonds. The number of carbonyl (C=O) groups excluding carboxylic acids is 6. The van der Waals surface area contributed by atoms with E-state index in [1.807, 2.05) is 34.1 Å². The molecule has 2 heterocycles. The van der Waals surface area contributed by atoms with E-state index in [0.717, 1.165) is 112 Å². The summed E-state index contributed by atoms with van der Waals surface area (Å²) in [5.41, 5.74) is 14.6. The summed E-state index contributed by atoms with van der Waals surface area (Å²) in [5.74, 6) is -2.34. The molecule has 0 spiro atoms. The molecule has 2 aromatic carbocycles. The van der Waals surface area contributed by atoms with Crippen LogP contribution < -0.4 is 22.1 Å². The van der Waals surface area contributed by atoms with Crippen LogP contribution in [0.1, 0.15) is 183 Å². The van der Waals surface area contributed by atoms with Gasteiger partial charge in [-0.3, -0.25) is 19.2 Å². The molecule has 66 heavy (non-hydrogen) atoms. The van der Waals surface area contributed by atoms with Crippen LogP contribution >= 0.6 is 0 Å². The van der Waals surface area contributed by atoms with Crippen LogP contribution in [-0.4, -0.2) is 95.8 Å². The number of benzene rings is 2. The molecule has 4 saturated carbocycles. The molecule has 2 atom stereocenters. The highest BCUT2D eigenvalue weighted by Crippen LogP contribution is 2.44. The number of hydrogen-bond acceptors (Lipinski definition) is 10. The molecule has 4 aliphatic carbocycles. The van der Waals surface area contributed by atoms with Gasteiger partial charge in [-0.1, -0.05) is 63.5 Å². The van der Waals surface area contributed by atoms with E-state index < -0.39 is 35.0 Å². The Labute approximate surface area is 390 Å². The first-order valence-corrected chi connectivity index (χ1v) is 25.3. The minimum Gasteiger partial charge on any atom is -0.449 e. The number of carbonyl (C=O) groups is 6. The number of esters is 2. The van der Waals surface area contributed by atoms with Gasteiger partial charge in [0.1, 0.15) is 11.2 Å². The molecule has 0 radical (unpaired) electrons. The standard InChI is InChI=1S/C52H72N6O8/c53-47(61)39-17-19-41-37(29-39)21-27-57(45(41)35-13-5-1-6-14-35)43(59)31-55-33-51(23-9-3-10-24-51)65-49(63)50(64)66-52(25-11-4-12-26-52)34-56-32-44(60)58-28-22-38-30-40(48(54)62)18-20-42(38)46(58)36-15-7-2-8-16-36/h17-20,29-30,35-36,45-46,55-56H,1-16,21-28,31-34H2,(H2,53,61)(H2,54,62). The Morgan fingerprint density at radius 2 is 0.894 bits per heavy atom. The van der Waals surface area contributed by atoms with Crippen LogP contribution in [-0.2, 0) is 41.5 Å². The largest absolute Gasteiger partial charge is 0.449 e. The normalized spacial score (nSPS) is 23.2. The lowest BCUT2D eigenvalue weighted by molar-refractivity contribution is -0.189. The molecule has 0 saturated heterocycles. The zero-order valence-corrected chi connectivity index (χ0v) is 38.9. The molecule has 4 fully saturated rings. The molecule has 6 aliphatic rings. The number of hydrogen-bond donors (Lipinski definition) is 4. The number of rotatable bonds is 14. The lowest BCUT2D eigenvalue weighted by Gasteiger charge is -2.43. The number of ether oxygens (including phenoxy) is 2. The van der Waals surface area contributed by atoms with Crippen molar-refractivity contribution < 1.29 is 38.2 Å². The summed E-state index contributed by atoms with van der Waals surface area (Å²) in [6, 6.07) is 11.1. The zero-order valence-electron chi connectivity index (χ0n) is 38.9. The number of nitrogens with two attached hydrogens (primary N) is 2. The highest BCUT2D eigenvalue weighted by atomic mass is 16.6. The molecule has 2 aromatic rings.